The fourth-order valence-corrected chi connectivity index (χ4v) is 3.36. The first-order chi connectivity index (χ1) is 14.1. The van der Waals surface area contributed by atoms with Crippen molar-refractivity contribution in [2.75, 3.05) is 0 Å². The van der Waals surface area contributed by atoms with E-state index in [-0.39, 0.29) is 5.92 Å². The quantitative estimate of drug-likeness (QED) is 0.409. The molecular formula is C21H16Cl2N6. The number of hydrogen-bond donors (Lipinski definition) is 0. The van der Waals surface area contributed by atoms with Gasteiger partial charge in [0.05, 0.1) is 11.6 Å². The lowest BCUT2D eigenvalue weighted by atomic mass is 9.97. The van der Waals surface area contributed by atoms with Crippen LogP contribution in [-0.2, 0) is 0 Å². The Hall–Kier alpha value is -3.09. The number of nitrogens with zero attached hydrogens (tertiary/aromatic N) is 6. The molecule has 0 fully saturated rings. The maximum absolute atomic E-state index is 6.49. The van der Waals surface area contributed by atoms with E-state index in [1.54, 1.807) is 24.7 Å². The van der Waals surface area contributed by atoms with Crippen LogP contribution in [0, 0.1) is 0 Å². The van der Waals surface area contributed by atoms with Crippen molar-refractivity contribution < 1.29 is 0 Å². The second-order valence-corrected chi connectivity index (χ2v) is 7.16. The van der Waals surface area contributed by atoms with Crippen LogP contribution in [0.3, 0.4) is 0 Å². The van der Waals surface area contributed by atoms with Gasteiger partial charge in [0.15, 0.2) is 5.82 Å². The molecule has 4 aromatic rings. The van der Waals surface area contributed by atoms with Crippen molar-refractivity contribution in [1.82, 2.24) is 25.0 Å². The summed E-state index contributed by atoms with van der Waals surface area (Å²) in [6.45, 7) is 2.01. The van der Waals surface area contributed by atoms with Gasteiger partial charge in [-0.05, 0) is 49.4 Å². The van der Waals surface area contributed by atoms with Crippen molar-refractivity contribution in [3.63, 3.8) is 0 Å². The van der Waals surface area contributed by atoms with Gasteiger partial charge in [-0.3, -0.25) is 4.57 Å². The number of aliphatic imine (C=N–C) groups is 1. The van der Waals surface area contributed by atoms with Gasteiger partial charge in [0.2, 0.25) is 0 Å². The highest BCUT2D eigenvalue weighted by Crippen LogP contribution is 2.28. The summed E-state index contributed by atoms with van der Waals surface area (Å²) in [5.41, 5.74) is 2.43. The molecule has 0 saturated heterocycles. The fourth-order valence-electron chi connectivity index (χ4n) is 3.00. The van der Waals surface area contributed by atoms with Gasteiger partial charge in [-0.1, -0.05) is 41.4 Å². The summed E-state index contributed by atoms with van der Waals surface area (Å²) < 4.78 is 1.91. The molecule has 2 aromatic heterocycles. The van der Waals surface area contributed by atoms with Crippen molar-refractivity contribution >= 4 is 34.7 Å². The van der Waals surface area contributed by atoms with Crippen LogP contribution in [0.4, 0.5) is 5.82 Å². The van der Waals surface area contributed by atoms with Crippen LogP contribution in [0.25, 0.3) is 5.69 Å². The molecule has 0 aliphatic carbocycles. The number of aromatic nitrogens is 5. The third-order valence-electron chi connectivity index (χ3n) is 4.42. The minimum atomic E-state index is -0.227. The lowest BCUT2D eigenvalue weighted by Gasteiger charge is -2.17. The van der Waals surface area contributed by atoms with Crippen LogP contribution in [0.2, 0.25) is 10.0 Å². The largest absolute Gasteiger partial charge is 0.285 e. The molecule has 0 amide bonds. The molecule has 2 aromatic carbocycles. The SMILES string of the molecule is CC(C(=Nc1cccnn1)c1ccccc1Cl)c1nncn1-c1ccc(Cl)cc1. The number of rotatable bonds is 5. The molecular weight excluding hydrogens is 407 g/mol. The maximum Gasteiger partial charge on any atom is 0.174 e. The van der Waals surface area contributed by atoms with Crippen LogP contribution in [0.1, 0.15) is 24.2 Å². The monoisotopic (exact) mass is 422 g/mol. The Kier molecular flexibility index (Phi) is 5.64. The average molecular weight is 423 g/mol. The molecule has 8 heteroatoms. The van der Waals surface area contributed by atoms with E-state index in [1.165, 1.54) is 0 Å². The molecule has 6 nitrogen and oxygen atoms in total. The smallest absolute Gasteiger partial charge is 0.174 e. The van der Waals surface area contributed by atoms with Gasteiger partial charge in [0, 0.05) is 27.5 Å². The van der Waals surface area contributed by atoms with Gasteiger partial charge in [0.1, 0.15) is 12.2 Å². The summed E-state index contributed by atoms with van der Waals surface area (Å²) in [6.07, 6.45) is 3.27. The second-order valence-electron chi connectivity index (χ2n) is 6.32. The Morgan fingerprint density at radius 2 is 1.72 bits per heavy atom. The maximum atomic E-state index is 6.49. The van der Waals surface area contributed by atoms with E-state index < -0.39 is 0 Å². The van der Waals surface area contributed by atoms with Gasteiger partial charge < -0.3 is 0 Å². The average Bonchev–Trinajstić information content (AvgIpc) is 3.23. The molecule has 144 valence electrons. The van der Waals surface area contributed by atoms with Gasteiger partial charge in [-0.2, -0.15) is 5.10 Å². The van der Waals surface area contributed by atoms with Gasteiger partial charge in [-0.25, -0.2) is 4.99 Å². The van der Waals surface area contributed by atoms with E-state index in [0.717, 1.165) is 22.8 Å². The molecule has 4 rings (SSSR count). The van der Waals surface area contributed by atoms with Gasteiger partial charge in [0.25, 0.3) is 0 Å². The normalized spacial score (nSPS) is 12.7. The molecule has 1 atom stereocenters. The first kappa shape index (κ1) is 19.2. The Bertz CT molecular complexity index is 1140. The zero-order valence-corrected chi connectivity index (χ0v) is 17.0. The summed E-state index contributed by atoms with van der Waals surface area (Å²) in [5.74, 6) is 0.983. The molecule has 0 saturated carbocycles. The lowest BCUT2D eigenvalue weighted by molar-refractivity contribution is 0.831. The standard InChI is InChI=1S/C21H16Cl2N6/c1-14(21-28-25-13-29(21)16-10-8-15(22)9-11-16)20(17-5-2-3-6-18(17)23)26-19-7-4-12-24-27-19/h2-14H,1H3. The van der Waals surface area contributed by atoms with Crippen molar-refractivity contribution in [3.05, 3.63) is 94.6 Å². The van der Waals surface area contributed by atoms with Crippen molar-refractivity contribution in [2.24, 2.45) is 4.99 Å². The Labute approximate surface area is 177 Å². The molecule has 29 heavy (non-hydrogen) atoms. The molecule has 0 aliphatic heterocycles. The predicted molar refractivity (Wildman–Crippen MR) is 114 cm³/mol. The minimum Gasteiger partial charge on any atom is -0.285 e. The van der Waals surface area contributed by atoms with Crippen LogP contribution >= 0.6 is 23.2 Å². The van der Waals surface area contributed by atoms with E-state index in [4.69, 9.17) is 28.2 Å². The fraction of sp³-hybridized carbons (Fsp3) is 0.0952. The second kappa shape index (κ2) is 8.51. The van der Waals surface area contributed by atoms with Crippen molar-refractivity contribution in [2.45, 2.75) is 12.8 Å². The van der Waals surface area contributed by atoms with E-state index in [1.807, 2.05) is 60.0 Å². The van der Waals surface area contributed by atoms with Crippen LogP contribution in [-0.4, -0.2) is 30.7 Å². The Balaban J connectivity index is 1.82. The first-order valence-electron chi connectivity index (χ1n) is 8.90. The third kappa shape index (κ3) is 4.18. The van der Waals surface area contributed by atoms with Crippen molar-refractivity contribution in [1.29, 1.82) is 0 Å². The number of hydrogen-bond acceptors (Lipinski definition) is 5. The van der Waals surface area contributed by atoms with Crippen molar-refractivity contribution in [3.8, 4) is 5.69 Å². The summed E-state index contributed by atoms with van der Waals surface area (Å²) in [4.78, 5) is 4.75. The topological polar surface area (TPSA) is 68.8 Å². The highest BCUT2D eigenvalue weighted by molar-refractivity contribution is 6.34. The highest BCUT2D eigenvalue weighted by Gasteiger charge is 2.23. The van der Waals surface area contributed by atoms with E-state index >= 15 is 0 Å². The molecule has 0 spiro atoms. The summed E-state index contributed by atoms with van der Waals surface area (Å²) in [5, 5.41) is 17.7. The lowest BCUT2D eigenvalue weighted by Crippen LogP contribution is -2.16. The zero-order valence-electron chi connectivity index (χ0n) is 15.4. The van der Waals surface area contributed by atoms with Crippen LogP contribution in [0.15, 0.2) is 78.2 Å². The van der Waals surface area contributed by atoms with Crippen LogP contribution in [0.5, 0.6) is 0 Å². The Morgan fingerprint density at radius 1 is 0.931 bits per heavy atom. The number of benzene rings is 2. The summed E-state index contributed by atoms with van der Waals surface area (Å²) in [7, 11) is 0. The first-order valence-corrected chi connectivity index (χ1v) is 9.66. The highest BCUT2D eigenvalue weighted by atomic mass is 35.5. The molecule has 0 bridgehead atoms. The zero-order chi connectivity index (χ0) is 20.2. The Morgan fingerprint density at radius 3 is 2.45 bits per heavy atom. The van der Waals surface area contributed by atoms with E-state index in [2.05, 4.69) is 20.4 Å². The summed E-state index contributed by atoms with van der Waals surface area (Å²) in [6, 6.07) is 18.6. The minimum absolute atomic E-state index is 0.227. The predicted octanol–water partition coefficient (Wildman–Crippen LogP) is 5.29. The van der Waals surface area contributed by atoms with E-state index in [9.17, 15) is 0 Å². The molecule has 2 heterocycles. The molecule has 1 unspecified atom stereocenters. The number of halogens is 2. The van der Waals surface area contributed by atoms with Gasteiger partial charge >= 0.3 is 0 Å². The third-order valence-corrected chi connectivity index (χ3v) is 5.00. The molecule has 0 N–H and O–H groups in total. The van der Waals surface area contributed by atoms with Gasteiger partial charge in [-0.15, -0.1) is 15.3 Å². The van der Waals surface area contributed by atoms with Crippen LogP contribution < -0.4 is 0 Å². The van der Waals surface area contributed by atoms with E-state index in [0.29, 0.717) is 15.9 Å². The summed E-state index contributed by atoms with van der Waals surface area (Å²) >= 11 is 12.5. The molecule has 0 aliphatic rings. The molecule has 0 radical (unpaired) electrons.